The summed E-state index contributed by atoms with van der Waals surface area (Å²) >= 11 is 0. The third-order valence-corrected chi connectivity index (χ3v) is 4.72. The summed E-state index contributed by atoms with van der Waals surface area (Å²) in [5.74, 6) is 0.276. The highest BCUT2D eigenvalue weighted by Gasteiger charge is 2.27. The van der Waals surface area contributed by atoms with Crippen molar-refractivity contribution in [2.75, 3.05) is 25.0 Å². The first-order valence-electron chi connectivity index (χ1n) is 9.18. The highest BCUT2D eigenvalue weighted by Crippen LogP contribution is 2.22. The molecule has 1 saturated heterocycles. The quantitative estimate of drug-likeness (QED) is 0.893. The maximum absolute atomic E-state index is 13.1. The minimum atomic E-state index is -0.284. The molecule has 0 radical (unpaired) electrons. The Bertz CT molecular complexity index is 774. The molecule has 1 aromatic carbocycles. The number of carbonyl (C=O) groups is 1. The highest BCUT2D eigenvalue weighted by molar-refractivity contribution is 5.74. The van der Waals surface area contributed by atoms with Crippen molar-refractivity contribution in [1.82, 2.24) is 25.4 Å². The average molecular weight is 372 g/mol. The van der Waals surface area contributed by atoms with E-state index in [1.165, 1.54) is 12.1 Å². The molecule has 0 aliphatic carbocycles. The van der Waals surface area contributed by atoms with Gasteiger partial charge in [0.2, 0.25) is 5.95 Å². The van der Waals surface area contributed by atoms with Crippen molar-refractivity contribution in [2.45, 2.75) is 38.8 Å². The second-order valence-corrected chi connectivity index (χ2v) is 7.08. The number of carbonyl (C=O) groups excluding carboxylic acids is 1. The van der Waals surface area contributed by atoms with Crippen LogP contribution in [-0.4, -0.2) is 58.3 Å². The molecule has 2 aromatic rings. The molecule has 0 unspecified atom stereocenters. The minimum absolute atomic E-state index is 0.0420. The Kier molecular flexibility index (Phi) is 5.83. The number of hydrogen-bond acceptors (Lipinski definition) is 5. The fourth-order valence-electron chi connectivity index (χ4n) is 3.16. The summed E-state index contributed by atoms with van der Waals surface area (Å²) in [7, 11) is 1.84. The average Bonchev–Trinajstić information content (AvgIpc) is 2.67. The van der Waals surface area contributed by atoms with Gasteiger partial charge in [-0.05, 0) is 51.0 Å². The Morgan fingerprint density at radius 2 is 1.93 bits per heavy atom. The summed E-state index contributed by atoms with van der Waals surface area (Å²) in [5, 5.41) is 11.1. The van der Waals surface area contributed by atoms with Crippen LogP contribution in [0, 0.1) is 5.82 Å². The van der Waals surface area contributed by atoms with Gasteiger partial charge in [-0.1, -0.05) is 0 Å². The Morgan fingerprint density at radius 1 is 1.26 bits per heavy atom. The molecule has 0 bridgehead atoms. The van der Waals surface area contributed by atoms with Crippen molar-refractivity contribution in [2.24, 2.45) is 0 Å². The third-order valence-electron chi connectivity index (χ3n) is 4.72. The molecular formula is C19H25FN6O. The number of urea groups is 1. The lowest BCUT2D eigenvalue weighted by atomic mass is 10.0. The molecule has 3 rings (SSSR count). The Balaban J connectivity index is 1.63. The molecule has 144 valence electrons. The van der Waals surface area contributed by atoms with Gasteiger partial charge in [0, 0.05) is 37.8 Å². The number of rotatable bonds is 4. The topological polar surface area (TPSA) is 74.2 Å². The molecule has 1 fully saturated rings. The molecular weight excluding hydrogens is 347 g/mol. The summed E-state index contributed by atoms with van der Waals surface area (Å²) < 4.78 is 13.1. The van der Waals surface area contributed by atoms with Crippen LogP contribution in [0.25, 0.3) is 11.3 Å². The molecule has 0 spiro atoms. The lowest BCUT2D eigenvalue weighted by Gasteiger charge is -2.36. The number of anilines is 1. The Labute approximate surface area is 158 Å². The molecule has 2 amide bonds. The van der Waals surface area contributed by atoms with E-state index in [1.54, 1.807) is 23.2 Å². The SMILES string of the molecule is CC(C)NC(=O)N(C)C1CCN(c2nncc(-c3ccc(F)cc3)n2)CC1. The van der Waals surface area contributed by atoms with Crippen LogP contribution in [0.4, 0.5) is 15.1 Å². The first-order chi connectivity index (χ1) is 12.9. The minimum Gasteiger partial charge on any atom is -0.339 e. The molecule has 0 atom stereocenters. The lowest BCUT2D eigenvalue weighted by Crippen LogP contribution is -2.50. The fraction of sp³-hybridized carbons (Fsp3) is 0.474. The molecule has 1 N–H and O–H groups in total. The van der Waals surface area contributed by atoms with E-state index in [2.05, 4.69) is 25.4 Å². The van der Waals surface area contributed by atoms with E-state index < -0.39 is 0 Å². The van der Waals surface area contributed by atoms with Crippen molar-refractivity contribution in [3.8, 4) is 11.3 Å². The zero-order chi connectivity index (χ0) is 19.4. The van der Waals surface area contributed by atoms with Crippen LogP contribution >= 0.6 is 0 Å². The molecule has 8 heteroatoms. The monoisotopic (exact) mass is 372 g/mol. The van der Waals surface area contributed by atoms with Gasteiger partial charge in [0.1, 0.15) is 5.82 Å². The summed E-state index contributed by atoms with van der Waals surface area (Å²) in [6.07, 6.45) is 3.26. The van der Waals surface area contributed by atoms with Gasteiger partial charge in [0.05, 0.1) is 11.9 Å². The van der Waals surface area contributed by atoms with Crippen molar-refractivity contribution in [3.63, 3.8) is 0 Å². The number of benzene rings is 1. The summed E-state index contributed by atoms with van der Waals surface area (Å²) in [4.78, 5) is 20.6. The van der Waals surface area contributed by atoms with E-state index in [4.69, 9.17) is 0 Å². The van der Waals surface area contributed by atoms with E-state index in [0.717, 1.165) is 31.5 Å². The van der Waals surface area contributed by atoms with E-state index in [9.17, 15) is 9.18 Å². The van der Waals surface area contributed by atoms with Gasteiger partial charge in [-0.15, -0.1) is 5.10 Å². The first-order valence-corrected chi connectivity index (χ1v) is 9.18. The summed E-state index contributed by atoms with van der Waals surface area (Å²) in [5.41, 5.74) is 1.46. The van der Waals surface area contributed by atoms with Gasteiger partial charge in [-0.3, -0.25) is 0 Å². The standard InChI is InChI=1S/C19H25FN6O/c1-13(2)22-19(27)25(3)16-8-10-26(11-9-16)18-23-17(12-21-24-18)14-4-6-15(20)7-5-14/h4-7,12-13,16H,8-11H2,1-3H3,(H,22,27). The largest absolute Gasteiger partial charge is 0.339 e. The Morgan fingerprint density at radius 3 is 2.56 bits per heavy atom. The predicted molar refractivity (Wildman–Crippen MR) is 102 cm³/mol. The van der Waals surface area contributed by atoms with Crippen molar-refractivity contribution < 1.29 is 9.18 Å². The molecule has 2 heterocycles. The van der Waals surface area contributed by atoms with Crippen molar-refractivity contribution >= 4 is 12.0 Å². The van der Waals surface area contributed by atoms with E-state index in [1.807, 2.05) is 20.9 Å². The van der Waals surface area contributed by atoms with Gasteiger partial charge in [-0.2, -0.15) is 5.10 Å². The van der Waals surface area contributed by atoms with E-state index >= 15 is 0 Å². The number of nitrogens with zero attached hydrogens (tertiary/aromatic N) is 5. The van der Waals surface area contributed by atoms with Gasteiger partial charge in [0.15, 0.2) is 0 Å². The van der Waals surface area contributed by atoms with Gasteiger partial charge >= 0.3 is 6.03 Å². The third kappa shape index (κ3) is 4.69. The number of piperidine rings is 1. The number of hydrogen-bond donors (Lipinski definition) is 1. The van der Waals surface area contributed by atoms with Crippen molar-refractivity contribution in [3.05, 3.63) is 36.3 Å². The lowest BCUT2D eigenvalue weighted by molar-refractivity contribution is 0.177. The maximum Gasteiger partial charge on any atom is 0.317 e. The van der Waals surface area contributed by atoms with Crippen LogP contribution in [0.2, 0.25) is 0 Å². The van der Waals surface area contributed by atoms with Crippen molar-refractivity contribution in [1.29, 1.82) is 0 Å². The number of amides is 2. The van der Waals surface area contributed by atoms with Crippen LogP contribution in [0.5, 0.6) is 0 Å². The number of halogens is 1. The van der Waals surface area contributed by atoms with Gasteiger partial charge in [0.25, 0.3) is 0 Å². The maximum atomic E-state index is 13.1. The Hall–Kier alpha value is -2.77. The second kappa shape index (κ2) is 8.28. The molecule has 1 aliphatic heterocycles. The molecule has 1 aliphatic rings. The predicted octanol–water partition coefficient (Wildman–Crippen LogP) is 2.70. The number of nitrogens with one attached hydrogen (secondary N) is 1. The van der Waals surface area contributed by atoms with E-state index in [-0.39, 0.29) is 23.9 Å². The molecule has 7 nitrogen and oxygen atoms in total. The molecule has 1 aromatic heterocycles. The van der Waals surface area contributed by atoms with Gasteiger partial charge < -0.3 is 15.1 Å². The van der Waals surface area contributed by atoms with E-state index in [0.29, 0.717) is 11.6 Å². The second-order valence-electron chi connectivity index (χ2n) is 7.08. The zero-order valence-electron chi connectivity index (χ0n) is 15.9. The first kappa shape index (κ1) is 19.0. The normalized spacial score (nSPS) is 15.1. The van der Waals surface area contributed by atoms with Crippen LogP contribution in [0.1, 0.15) is 26.7 Å². The number of aromatic nitrogens is 3. The fourth-order valence-corrected chi connectivity index (χ4v) is 3.16. The smallest absolute Gasteiger partial charge is 0.317 e. The molecule has 0 saturated carbocycles. The van der Waals surface area contributed by atoms with Crippen LogP contribution in [0.15, 0.2) is 30.5 Å². The highest BCUT2D eigenvalue weighted by atomic mass is 19.1. The summed E-state index contributed by atoms with van der Waals surface area (Å²) in [6.45, 7) is 5.40. The van der Waals surface area contributed by atoms with Gasteiger partial charge in [-0.25, -0.2) is 14.2 Å². The van der Waals surface area contributed by atoms with Crippen LogP contribution in [-0.2, 0) is 0 Å². The van der Waals surface area contributed by atoms with Crippen LogP contribution in [0.3, 0.4) is 0 Å². The zero-order valence-corrected chi connectivity index (χ0v) is 15.9. The van der Waals surface area contributed by atoms with Crippen LogP contribution < -0.4 is 10.2 Å². The summed E-state index contributed by atoms with van der Waals surface area (Å²) in [6, 6.07) is 6.43. The molecule has 27 heavy (non-hydrogen) atoms.